The summed E-state index contributed by atoms with van der Waals surface area (Å²) in [6.07, 6.45) is 4.88. The molecule has 0 amide bonds. The van der Waals surface area contributed by atoms with Crippen molar-refractivity contribution >= 4 is 23.1 Å². The van der Waals surface area contributed by atoms with Gasteiger partial charge in [-0.2, -0.15) is 0 Å². The third-order valence-corrected chi connectivity index (χ3v) is 8.82. The number of esters is 2. The fraction of sp³-hybridized carbons (Fsp3) is 0.333. The molecule has 0 radical (unpaired) electrons. The van der Waals surface area contributed by atoms with Crippen molar-refractivity contribution in [3.05, 3.63) is 102 Å². The van der Waals surface area contributed by atoms with Gasteiger partial charge in [0.15, 0.2) is 5.60 Å². The lowest BCUT2D eigenvalue weighted by molar-refractivity contribution is -0.130. The van der Waals surface area contributed by atoms with Crippen LogP contribution in [0.15, 0.2) is 85.0 Å². The Balaban J connectivity index is 1.32. The van der Waals surface area contributed by atoms with Crippen molar-refractivity contribution in [1.29, 1.82) is 0 Å². The van der Waals surface area contributed by atoms with Gasteiger partial charge in [-0.1, -0.05) is 31.7 Å². The maximum absolute atomic E-state index is 12.3. The standard InChI is InChI=1S/C39H41NO7/c1-25(2)37(41)45-29-15-17-32-34(22-29)44-24-33-31-16-14-30(46-38(42)26(3)4)23-35(31)47-39(5,36(32)33)27-10-12-28(13-11-27)43-21-9-20-40-18-7-6-8-19-40/h10-17,22-23H,1,3,6-9,18-21,24H2,2,4-5H3. The molecule has 3 aromatic carbocycles. The van der Waals surface area contributed by atoms with Crippen molar-refractivity contribution in [2.75, 3.05) is 32.8 Å². The topological polar surface area (TPSA) is 83.5 Å². The summed E-state index contributed by atoms with van der Waals surface area (Å²) < 4.78 is 30.3. The lowest BCUT2D eigenvalue weighted by Crippen LogP contribution is -2.37. The van der Waals surface area contributed by atoms with Crippen LogP contribution < -0.4 is 23.7 Å². The Morgan fingerprint density at radius 3 is 2.04 bits per heavy atom. The molecule has 8 nitrogen and oxygen atoms in total. The van der Waals surface area contributed by atoms with Gasteiger partial charge in [0.25, 0.3) is 0 Å². The summed E-state index contributed by atoms with van der Waals surface area (Å²) in [5.74, 6) is 1.66. The summed E-state index contributed by atoms with van der Waals surface area (Å²) in [4.78, 5) is 27.0. The van der Waals surface area contributed by atoms with E-state index in [9.17, 15) is 9.59 Å². The zero-order chi connectivity index (χ0) is 33.1. The third-order valence-electron chi connectivity index (χ3n) is 8.82. The molecule has 244 valence electrons. The minimum Gasteiger partial charge on any atom is -0.494 e. The van der Waals surface area contributed by atoms with Crippen LogP contribution in [0.2, 0.25) is 0 Å². The first kappa shape index (κ1) is 32.1. The SMILES string of the molecule is C=C(C)C(=O)Oc1ccc2c(c1)OC(C)(c1ccc(OCCCN3CCCCC3)cc1)C1=C2COc2cc(OC(=O)C(=C)C)ccc21. The van der Waals surface area contributed by atoms with E-state index in [1.807, 2.05) is 43.3 Å². The van der Waals surface area contributed by atoms with Crippen LogP contribution in [0.4, 0.5) is 0 Å². The van der Waals surface area contributed by atoms with E-state index < -0.39 is 17.5 Å². The van der Waals surface area contributed by atoms with E-state index in [2.05, 4.69) is 18.1 Å². The van der Waals surface area contributed by atoms with Crippen LogP contribution in [-0.4, -0.2) is 49.7 Å². The number of carbonyl (C=O) groups excluding carboxylic acids is 2. The summed E-state index contributed by atoms with van der Waals surface area (Å²) >= 11 is 0. The first-order valence-electron chi connectivity index (χ1n) is 16.2. The monoisotopic (exact) mass is 635 g/mol. The van der Waals surface area contributed by atoms with Crippen molar-refractivity contribution < 1.29 is 33.3 Å². The normalized spacial score (nSPS) is 18.4. The number of benzene rings is 3. The average molecular weight is 636 g/mol. The Hall–Kier alpha value is -4.82. The van der Waals surface area contributed by atoms with Crippen LogP contribution in [0.25, 0.3) is 11.1 Å². The summed E-state index contributed by atoms with van der Waals surface area (Å²) in [6.45, 7) is 16.9. The molecule has 0 saturated carbocycles. The molecule has 3 aliphatic rings. The molecule has 1 atom stereocenters. The van der Waals surface area contributed by atoms with Gasteiger partial charge in [0.2, 0.25) is 0 Å². The van der Waals surface area contributed by atoms with Crippen molar-refractivity contribution in [3.63, 3.8) is 0 Å². The van der Waals surface area contributed by atoms with Crippen LogP contribution in [0.1, 0.15) is 63.1 Å². The molecule has 6 rings (SSSR count). The smallest absolute Gasteiger partial charge is 0.338 e. The van der Waals surface area contributed by atoms with Gasteiger partial charge >= 0.3 is 11.9 Å². The Bertz CT molecular complexity index is 1750. The number of carbonyl (C=O) groups is 2. The van der Waals surface area contributed by atoms with E-state index in [0.717, 1.165) is 46.6 Å². The van der Waals surface area contributed by atoms with Crippen LogP contribution in [-0.2, 0) is 15.2 Å². The lowest BCUT2D eigenvalue weighted by atomic mass is 9.76. The molecule has 0 bridgehead atoms. The average Bonchev–Trinajstić information content (AvgIpc) is 3.07. The molecule has 0 aromatic heterocycles. The Labute approximate surface area is 276 Å². The molecule has 0 spiro atoms. The molecule has 8 heteroatoms. The number of likely N-dealkylation sites (tertiary alicyclic amines) is 1. The highest BCUT2D eigenvalue weighted by Gasteiger charge is 2.44. The van der Waals surface area contributed by atoms with Gasteiger partial charge in [-0.25, -0.2) is 9.59 Å². The summed E-state index contributed by atoms with van der Waals surface area (Å²) in [6, 6.07) is 18.7. The van der Waals surface area contributed by atoms with Crippen molar-refractivity contribution in [3.8, 4) is 28.7 Å². The van der Waals surface area contributed by atoms with Gasteiger partial charge in [0, 0.05) is 52.1 Å². The minimum absolute atomic E-state index is 0.259. The minimum atomic E-state index is -0.958. The number of hydrogen-bond donors (Lipinski definition) is 0. The van der Waals surface area contributed by atoms with E-state index in [1.54, 1.807) is 38.1 Å². The third kappa shape index (κ3) is 6.83. The maximum atomic E-state index is 12.3. The Morgan fingerprint density at radius 2 is 1.40 bits per heavy atom. The number of nitrogens with zero attached hydrogens (tertiary/aromatic N) is 1. The highest BCUT2D eigenvalue weighted by molar-refractivity contribution is 6.01. The Kier molecular flexibility index (Phi) is 9.23. The molecule has 3 aromatic rings. The molecule has 0 N–H and O–H groups in total. The van der Waals surface area contributed by atoms with Gasteiger partial charge in [0.05, 0.1) is 6.61 Å². The van der Waals surface area contributed by atoms with Gasteiger partial charge in [0.1, 0.15) is 35.4 Å². The first-order valence-corrected chi connectivity index (χ1v) is 16.2. The largest absolute Gasteiger partial charge is 0.494 e. The van der Waals surface area contributed by atoms with Gasteiger partial charge in [-0.05, 0) is 95.1 Å². The number of ether oxygens (including phenoxy) is 5. The van der Waals surface area contributed by atoms with Crippen LogP contribution in [0.5, 0.6) is 28.7 Å². The number of fused-ring (bicyclic) bond motifs is 4. The molecule has 3 heterocycles. The lowest BCUT2D eigenvalue weighted by Gasteiger charge is -2.42. The van der Waals surface area contributed by atoms with Gasteiger partial charge < -0.3 is 28.6 Å². The second-order valence-electron chi connectivity index (χ2n) is 12.6. The molecular formula is C39H41NO7. The molecule has 47 heavy (non-hydrogen) atoms. The van der Waals surface area contributed by atoms with Crippen LogP contribution in [0.3, 0.4) is 0 Å². The number of rotatable bonds is 10. The zero-order valence-corrected chi connectivity index (χ0v) is 27.4. The fourth-order valence-electron chi connectivity index (χ4n) is 6.33. The first-order chi connectivity index (χ1) is 22.6. The van der Waals surface area contributed by atoms with Crippen molar-refractivity contribution in [2.24, 2.45) is 0 Å². The summed E-state index contributed by atoms with van der Waals surface area (Å²) in [7, 11) is 0. The van der Waals surface area contributed by atoms with Crippen molar-refractivity contribution in [1.82, 2.24) is 4.90 Å². The van der Waals surface area contributed by atoms with Gasteiger partial charge in [-0.15, -0.1) is 0 Å². The second-order valence-corrected chi connectivity index (χ2v) is 12.6. The highest BCUT2D eigenvalue weighted by Crippen LogP contribution is 2.55. The van der Waals surface area contributed by atoms with E-state index in [0.29, 0.717) is 40.8 Å². The van der Waals surface area contributed by atoms with E-state index in [4.69, 9.17) is 23.7 Å². The quantitative estimate of drug-likeness (QED) is 0.0980. The molecule has 1 fully saturated rings. The van der Waals surface area contributed by atoms with Crippen molar-refractivity contribution in [2.45, 2.75) is 52.1 Å². The second kappa shape index (κ2) is 13.5. The molecular weight excluding hydrogens is 594 g/mol. The van der Waals surface area contributed by atoms with Crippen LogP contribution >= 0.6 is 0 Å². The Morgan fingerprint density at radius 1 is 0.809 bits per heavy atom. The highest BCUT2D eigenvalue weighted by atomic mass is 16.5. The van der Waals surface area contributed by atoms with E-state index in [1.165, 1.54) is 32.4 Å². The maximum Gasteiger partial charge on any atom is 0.338 e. The molecule has 3 aliphatic heterocycles. The van der Waals surface area contributed by atoms with E-state index >= 15 is 0 Å². The molecule has 1 saturated heterocycles. The fourth-order valence-corrected chi connectivity index (χ4v) is 6.33. The van der Waals surface area contributed by atoms with Gasteiger partial charge in [-0.3, -0.25) is 0 Å². The van der Waals surface area contributed by atoms with Crippen LogP contribution in [0, 0.1) is 0 Å². The predicted octanol–water partition coefficient (Wildman–Crippen LogP) is 7.52. The zero-order valence-electron chi connectivity index (χ0n) is 27.4. The summed E-state index contributed by atoms with van der Waals surface area (Å²) in [5.41, 5.74) is 4.11. The number of hydrogen-bond acceptors (Lipinski definition) is 8. The molecule has 0 aliphatic carbocycles. The predicted molar refractivity (Wildman–Crippen MR) is 181 cm³/mol. The van der Waals surface area contributed by atoms with E-state index in [-0.39, 0.29) is 6.61 Å². The number of piperidine rings is 1. The summed E-state index contributed by atoms with van der Waals surface area (Å²) in [5, 5.41) is 0. The molecule has 1 unspecified atom stereocenters.